The summed E-state index contributed by atoms with van der Waals surface area (Å²) in [5.74, 6) is -0.299. The first-order valence-corrected chi connectivity index (χ1v) is 11.0. The summed E-state index contributed by atoms with van der Waals surface area (Å²) in [7, 11) is 0. The molecule has 1 amide bonds. The van der Waals surface area contributed by atoms with E-state index in [1.54, 1.807) is 30.5 Å². The van der Waals surface area contributed by atoms with Gasteiger partial charge in [0.2, 0.25) is 0 Å². The van der Waals surface area contributed by atoms with Crippen LogP contribution in [0, 0.1) is 0 Å². The van der Waals surface area contributed by atoms with Crippen molar-refractivity contribution >= 4 is 75.4 Å². The number of carbonyl (C=O) groups is 1. The molecule has 1 saturated heterocycles. The molecular formula is C21H19Cl2N3OS2. The minimum Gasteiger partial charge on any atom is -0.372 e. The molecule has 0 aliphatic carbocycles. The summed E-state index contributed by atoms with van der Waals surface area (Å²) >= 11 is 18.9. The van der Waals surface area contributed by atoms with Crippen molar-refractivity contribution in [3.63, 3.8) is 0 Å². The molecule has 1 aliphatic heterocycles. The Kier molecular flexibility index (Phi) is 7.35. The number of hydrogen-bond donors (Lipinski definition) is 0. The molecule has 0 spiro atoms. The summed E-state index contributed by atoms with van der Waals surface area (Å²) in [6.07, 6.45) is 3.28. The van der Waals surface area contributed by atoms with E-state index in [1.165, 1.54) is 16.8 Å². The largest absolute Gasteiger partial charge is 0.372 e. The van der Waals surface area contributed by atoms with Gasteiger partial charge in [-0.15, -0.1) is 0 Å². The smallest absolute Gasteiger partial charge is 0.286 e. The molecule has 1 fully saturated rings. The van der Waals surface area contributed by atoms with Crippen LogP contribution in [0.1, 0.15) is 25.0 Å². The number of thiocarbonyl (C=S) groups is 1. The molecule has 0 saturated carbocycles. The Labute approximate surface area is 190 Å². The van der Waals surface area contributed by atoms with Crippen LogP contribution in [0.15, 0.2) is 52.5 Å². The maximum atomic E-state index is 12.7. The zero-order valence-corrected chi connectivity index (χ0v) is 19.1. The van der Waals surface area contributed by atoms with Gasteiger partial charge in [0.15, 0.2) is 4.32 Å². The highest BCUT2D eigenvalue weighted by Gasteiger charge is 2.32. The number of anilines is 1. The van der Waals surface area contributed by atoms with E-state index in [2.05, 4.69) is 23.8 Å². The monoisotopic (exact) mass is 463 g/mol. The average Bonchev–Trinajstić information content (AvgIpc) is 2.98. The number of rotatable bonds is 6. The summed E-state index contributed by atoms with van der Waals surface area (Å²) in [5.41, 5.74) is 2.62. The van der Waals surface area contributed by atoms with E-state index in [0.717, 1.165) is 24.3 Å². The molecule has 150 valence electrons. The van der Waals surface area contributed by atoms with Crippen LogP contribution in [-0.4, -0.2) is 34.5 Å². The molecule has 2 aromatic carbocycles. The average molecular weight is 464 g/mol. The molecule has 0 bridgehead atoms. The van der Waals surface area contributed by atoms with Gasteiger partial charge in [-0.2, -0.15) is 10.1 Å². The highest BCUT2D eigenvalue weighted by Crippen LogP contribution is 2.35. The number of amides is 1. The van der Waals surface area contributed by atoms with Crippen molar-refractivity contribution in [2.24, 2.45) is 5.10 Å². The lowest BCUT2D eigenvalue weighted by Crippen LogP contribution is -2.22. The van der Waals surface area contributed by atoms with Crippen LogP contribution in [-0.2, 0) is 4.79 Å². The molecule has 1 heterocycles. The molecule has 0 radical (unpaired) electrons. The van der Waals surface area contributed by atoms with Gasteiger partial charge in [0.1, 0.15) is 0 Å². The van der Waals surface area contributed by atoms with Crippen LogP contribution in [0.3, 0.4) is 0 Å². The Bertz CT molecular complexity index is 966. The first-order valence-electron chi connectivity index (χ1n) is 9.05. The number of benzene rings is 2. The van der Waals surface area contributed by atoms with Crippen molar-refractivity contribution in [1.29, 1.82) is 0 Å². The van der Waals surface area contributed by atoms with Crippen molar-refractivity contribution in [2.75, 3.05) is 18.0 Å². The lowest BCUT2D eigenvalue weighted by Gasteiger charge is -2.20. The van der Waals surface area contributed by atoms with Gasteiger partial charge >= 0.3 is 0 Å². The number of thioether (sulfide) groups is 1. The van der Waals surface area contributed by atoms with Crippen LogP contribution in [0.5, 0.6) is 0 Å². The number of hydrogen-bond acceptors (Lipinski definition) is 5. The van der Waals surface area contributed by atoms with E-state index in [9.17, 15) is 4.79 Å². The van der Waals surface area contributed by atoms with Crippen LogP contribution in [0.4, 0.5) is 5.69 Å². The first kappa shape index (κ1) is 21.8. The number of hydrazone groups is 1. The fourth-order valence-corrected chi connectivity index (χ4v) is 4.48. The predicted octanol–water partition coefficient (Wildman–Crippen LogP) is 6.07. The number of halogens is 2. The number of nitrogens with zero attached hydrogens (tertiary/aromatic N) is 3. The number of carbonyl (C=O) groups excluding carboxylic acids is 1. The second-order valence-electron chi connectivity index (χ2n) is 6.14. The van der Waals surface area contributed by atoms with E-state index in [0.29, 0.717) is 24.8 Å². The maximum Gasteiger partial charge on any atom is 0.286 e. The molecule has 0 aromatic heterocycles. The zero-order chi connectivity index (χ0) is 21.0. The molecular weight excluding hydrogens is 445 g/mol. The van der Waals surface area contributed by atoms with Gasteiger partial charge < -0.3 is 4.90 Å². The van der Waals surface area contributed by atoms with Crippen molar-refractivity contribution in [3.8, 4) is 0 Å². The molecule has 29 heavy (non-hydrogen) atoms. The summed E-state index contributed by atoms with van der Waals surface area (Å²) in [6, 6.07) is 13.2. The molecule has 3 rings (SSSR count). The van der Waals surface area contributed by atoms with Crippen molar-refractivity contribution in [3.05, 3.63) is 68.5 Å². The van der Waals surface area contributed by atoms with Gasteiger partial charge in [-0.05, 0) is 62.0 Å². The van der Waals surface area contributed by atoms with E-state index in [1.807, 2.05) is 24.3 Å². The third-order valence-corrected chi connectivity index (χ3v) is 6.33. The molecule has 0 unspecified atom stereocenters. The van der Waals surface area contributed by atoms with Gasteiger partial charge in [0, 0.05) is 34.4 Å². The van der Waals surface area contributed by atoms with E-state index in [4.69, 9.17) is 35.4 Å². The second-order valence-corrected chi connectivity index (χ2v) is 8.63. The molecule has 0 atom stereocenters. The Hall–Kier alpha value is -1.86. The highest BCUT2D eigenvalue weighted by atomic mass is 35.5. The molecule has 4 nitrogen and oxygen atoms in total. The quantitative estimate of drug-likeness (QED) is 0.295. The van der Waals surface area contributed by atoms with Gasteiger partial charge in [-0.1, -0.05) is 53.2 Å². The minimum atomic E-state index is -0.299. The lowest BCUT2D eigenvalue weighted by molar-refractivity contribution is -0.122. The summed E-state index contributed by atoms with van der Waals surface area (Å²) in [6.45, 7) is 6.14. The highest BCUT2D eigenvalue weighted by molar-refractivity contribution is 8.26. The lowest BCUT2D eigenvalue weighted by atomic mass is 10.2. The second kappa shape index (κ2) is 9.76. The summed E-state index contributed by atoms with van der Waals surface area (Å²) in [4.78, 5) is 15.4. The van der Waals surface area contributed by atoms with Gasteiger partial charge in [-0.3, -0.25) is 4.79 Å². The normalized spacial score (nSPS) is 15.7. The third kappa shape index (κ3) is 5.01. The van der Waals surface area contributed by atoms with Gasteiger partial charge in [-0.25, -0.2) is 0 Å². The molecule has 2 aromatic rings. The van der Waals surface area contributed by atoms with Crippen molar-refractivity contribution in [2.45, 2.75) is 13.8 Å². The first-order chi connectivity index (χ1) is 13.9. The predicted molar refractivity (Wildman–Crippen MR) is 129 cm³/mol. The molecule has 1 aliphatic rings. The van der Waals surface area contributed by atoms with E-state index in [-0.39, 0.29) is 5.91 Å². The van der Waals surface area contributed by atoms with Crippen LogP contribution in [0.2, 0.25) is 10.0 Å². The Balaban J connectivity index is 1.77. The van der Waals surface area contributed by atoms with Crippen LogP contribution >= 0.6 is 47.2 Å². The topological polar surface area (TPSA) is 35.9 Å². The Morgan fingerprint density at radius 2 is 1.72 bits per heavy atom. The SMILES string of the molecule is CCN(CC)c1ccc(/C=N/N2C(=O)/C(=C\c3c(Cl)cccc3Cl)SC2=S)cc1. The van der Waals surface area contributed by atoms with Crippen molar-refractivity contribution < 1.29 is 4.79 Å². The fraction of sp³-hybridized carbons (Fsp3) is 0.190. The van der Waals surface area contributed by atoms with Gasteiger partial charge in [0.05, 0.1) is 11.1 Å². The fourth-order valence-electron chi connectivity index (χ4n) is 2.82. The zero-order valence-electron chi connectivity index (χ0n) is 15.9. The third-order valence-electron chi connectivity index (χ3n) is 4.39. The van der Waals surface area contributed by atoms with Crippen LogP contribution in [0.25, 0.3) is 6.08 Å². The minimum absolute atomic E-state index is 0.299. The van der Waals surface area contributed by atoms with E-state index >= 15 is 0 Å². The van der Waals surface area contributed by atoms with Crippen molar-refractivity contribution in [1.82, 2.24) is 5.01 Å². The van der Waals surface area contributed by atoms with Gasteiger partial charge in [0.25, 0.3) is 5.91 Å². The van der Waals surface area contributed by atoms with Crippen LogP contribution < -0.4 is 4.90 Å². The standard InChI is InChI=1S/C21H19Cl2N3OS2/c1-3-25(4-2)15-10-8-14(9-11-15)13-24-26-20(27)19(29-21(26)28)12-16-17(22)6-5-7-18(16)23/h5-13H,3-4H2,1-2H3/b19-12+,24-13+. The Morgan fingerprint density at radius 1 is 1.10 bits per heavy atom. The molecule has 0 N–H and O–H groups in total. The molecule has 8 heteroatoms. The summed E-state index contributed by atoms with van der Waals surface area (Å²) < 4.78 is 0.362. The van der Waals surface area contributed by atoms with E-state index < -0.39 is 0 Å². The summed E-state index contributed by atoms with van der Waals surface area (Å²) in [5, 5.41) is 6.44. The maximum absolute atomic E-state index is 12.7. The Morgan fingerprint density at radius 3 is 2.31 bits per heavy atom.